The molecule has 0 spiro atoms. The van der Waals surface area contributed by atoms with Crippen molar-refractivity contribution >= 4 is 110 Å². The molecule has 3 fully saturated rings. The summed E-state index contributed by atoms with van der Waals surface area (Å²) in [5, 5.41) is 161. The second-order valence-electron chi connectivity index (χ2n) is 26.6. The predicted octanol–water partition coefficient (Wildman–Crippen LogP) is -6.98. The lowest BCUT2D eigenvalue weighted by molar-refractivity contribution is -0.141. The topological polar surface area (TPSA) is 631 Å². The molecule has 7 amide bonds. The number of carboxylic acids is 3. The Kier molecular flexibility index (Phi) is 40.8. The maximum atomic E-state index is 14.0. The number of nitrogens with one attached hydrogen (secondary N) is 16. The number of guanidine groups is 1. The van der Waals surface area contributed by atoms with Crippen LogP contribution in [0.15, 0.2) is 40.6 Å². The van der Waals surface area contributed by atoms with E-state index in [0.717, 1.165) is 33.3 Å². The summed E-state index contributed by atoms with van der Waals surface area (Å²) in [4.78, 5) is 132. The highest BCUT2D eigenvalue weighted by Gasteiger charge is 2.38. The third kappa shape index (κ3) is 34.7. The SMILES string of the molecule is CC1(C)NCCN(CCNC(=O)CCC(=O)NCCCC[C@H]2N[C@H](O)CSC[C@@H]([C@@H](O)N[C@@H](CCCNC(=N)N)C(=O)NCC(=O)N[C@@H](CC(=O)O)C(=O)N[C@H]3CSSC[C@@H](C(=O)NCC(=O)O)N[C@@H](O)[C@H](Cc4ccccc4)NC3O)NC(=O)[C@H](CC(=O)O)N[C@@H]2O)CCNC(C)(C)/C(=N\O)C/C1=N/O. The number of amides is 7. The van der Waals surface area contributed by atoms with Crippen molar-refractivity contribution in [2.45, 2.75) is 189 Å². The molecule has 28 N–H and O–H groups in total. The van der Waals surface area contributed by atoms with E-state index in [1.54, 1.807) is 30.3 Å². The first-order valence-corrected chi connectivity index (χ1v) is 38.3. The molecule has 0 radical (unpaired) electrons. The number of benzene rings is 1. The molecule has 43 heteroatoms. The summed E-state index contributed by atoms with van der Waals surface area (Å²) < 4.78 is 0. The number of unbranched alkanes of at least 4 members (excludes halogenated alkanes) is 1. The van der Waals surface area contributed by atoms with Gasteiger partial charge in [-0.15, -0.1) is 0 Å². The minimum atomic E-state index is -1.84. The van der Waals surface area contributed by atoms with Gasteiger partial charge >= 0.3 is 17.9 Å². The number of nitrogens with two attached hydrogens (primary N) is 1. The molecular weight excluding hydrogens is 1450 g/mol. The van der Waals surface area contributed by atoms with Crippen LogP contribution < -0.4 is 85.5 Å². The number of aliphatic hydroxyl groups excluding tert-OH is 5. The number of thioether (sulfide) groups is 1. The number of carbonyl (C=O) groups is 10. The van der Waals surface area contributed by atoms with Gasteiger partial charge in [0.1, 0.15) is 43.7 Å². The van der Waals surface area contributed by atoms with Crippen molar-refractivity contribution in [2.24, 2.45) is 16.0 Å². The first-order valence-electron chi connectivity index (χ1n) is 34.6. The molecule has 40 nitrogen and oxygen atoms in total. The van der Waals surface area contributed by atoms with Crippen LogP contribution in [-0.2, 0) is 54.4 Å². The number of nitrogens with zero attached hydrogens (tertiary/aromatic N) is 3. The van der Waals surface area contributed by atoms with Crippen molar-refractivity contribution in [3.05, 3.63) is 35.9 Å². The summed E-state index contributed by atoms with van der Waals surface area (Å²) in [6, 6.07) is -2.03. The molecule has 1 aromatic rings. The van der Waals surface area contributed by atoms with Gasteiger partial charge in [-0.1, -0.05) is 62.2 Å². The van der Waals surface area contributed by atoms with Gasteiger partial charge in [-0.25, -0.2) is 0 Å². The van der Waals surface area contributed by atoms with E-state index >= 15 is 0 Å². The van der Waals surface area contributed by atoms with Gasteiger partial charge in [0.2, 0.25) is 41.4 Å². The molecule has 1 unspecified atom stereocenters. The maximum Gasteiger partial charge on any atom is 0.322 e. The van der Waals surface area contributed by atoms with Crippen LogP contribution in [0.2, 0.25) is 0 Å². The summed E-state index contributed by atoms with van der Waals surface area (Å²) in [6.45, 7) is 9.03. The molecule has 0 bridgehead atoms. The van der Waals surface area contributed by atoms with E-state index in [1.165, 1.54) is 0 Å². The molecule has 0 aromatic heterocycles. The van der Waals surface area contributed by atoms with Crippen LogP contribution in [0, 0.1) is 5.41 Å². The van der Waals surface area contributed by atoms with Crippen LogP contribution >= 0.6 is 33.3 Å². The molecule has 3 aliphatic heterocycles. The molecule has 3 saturated heterocycles. The fraction of sp³-hybridized carbons (Fsp3) is 0.698. The third-order valence-corrected chi connectivity index (χ3v) is 20.9. The van der Waals surface area contributed by atoms with E-state index in [2.05, 4.69) is 95.0 Å². The first-order chi connectivity index (χ1) is 50.2. The van der Waals surface area contributed by atoms with Crippen molar-refractivity contribution in [3.8, 4) is 0 Å². The minimum Gasteiger partial charge on any atom is -0.481 e. The number of carboxylic acid groups (broad SMARTS) is 3. The lowest BCUT2D eigenvalue weighted by Gasteiger charge is -2.35. The average molecular weight is 1560 g/mol. The molecule has 1 aromatic carbocycles. The summed E-state index contributed by atoms with van der Waals surface area (Å²) in [7, 11) is 2.12. The van der Waals surface area contributed by atoms with Gasteiger partial charge in [0.05, 0.1) is 78.1 Å². The number of rotatable bonds is 33. The summed E-state index contributed by atoms with van der Waals surface area (Å²) in [5.41, 5.74) is 5.44. The van der Waals surface area contributed by atoms with Crippen molar-refractivity contribution in [2.75, 3.05) is 88.5 Å². The largest absolute Gasteiger partial charge is 0.481 e. The Labute approximate surface area is 625 Å². The van der Waals surface area contributed by atoms with Crippen molar-refractivity contribution in [3.63, 3.8) is 0 Å². The lowest BCUT2D eigenvalue weighted by atomic mass is 9.87. The highest BCUT2D eigenvalue weighted by Crippen LogP contribution is 2.26. The van der Waals surface area contributed by atoms with Crippen LogP contribution in [0.4, 0.5) is 0 Å². The van der Waals surface area contributed by atoms with Crippen molar-refractivity contribution in [1.29, 1.82) is 5.41 Å². The standard InChI is InChI=1S/C63H108N20O20S3/c1-62(2)44(81-102)28-45(82-103)63(3,4)72-21-24-83(23-20-71-62)22-19-67-47(85)16-15-46(84)66-17-9-8-13-37-55(96)77-40(27-51(90)91)58(99)78-41(31-104-34-49(87)73-37)59(100)75-36(14-10-18-68-61(64)65)53(94)69-29-48(86)74-39(26-50(88)89)57(98)80-43-33-106-105-32-42(54(95)70-30-52(92)93)79-56(97)38(76-60(43)101)25-35-11-6-5-7-12-35/h5-7,11-12,36-43,49,55-56,59-60,71-73,75-77,79,87,96-97,100-103H,8-10,13-34H2,1-4H3,(H,66,84)(H,67,85)(H,69,94)(H,70,95)(H,74,86)(H,78,99)(H,80,98)(H,88,89)(H,90,91)(H,92,93)(H4,64,65,68)/b81-44-,82-45-/t36-,37+,38-,39-,40-,41-,42-,43-,49+,55+,56-,59+,60?/m0/s1. The Balaban J connectivity index is 1.34. The monoisotopic (exact) mass is 1560 g/mol. The van der Waals surface area contributed by atoms with E-state index in [4.69, 9.17) is 16.2 Å². The molecule has 3 aliphatic rings. The fourth-order valence-corrected chi connectivity index (χ4v) is 14.6. The van der Waals surface area contributed by atoms with Gasteiger partial charge in [-0.2, -0.15) is 11.8 Å². The quantitative estimate of drug-likeness (QED) is 0.00591. The number of hydrogen-bond acceptors (Lipinski definition) is 31. The Morgan fingerprint density at radius 2 is 1.30 bits per heavy atom. The predicted molar refractivity (Wildman–Crippen MR) is 393 cm³/mol. The van der Waals surface area contributed by atoms with Crippen LogP contribution in [0.1, 0.15) is 97.5 Å². The number of aliphatic hydroxyl groups is 5. The first kappa shape index (κ1) is 91.0. The highest BCUT2D eigenvalue weighted by atomic mass is 33.1. The van der Waals surface area contributed by atoms with Crippen LogP contribution in [-0.4, -0.2) is 312 Å². The van der Waals surface area contributed by atoms with Crippen molar-refractivity contribution in [1.82, 2.24) is 84.7 Å². The Morgan fingerprint density at radius 1 is 0.679 bits per heavy atom. The summed E-state index contributed by atoms with van der Waals surface area (Å²) in [5.74, 6) is -10.8. The molecule has 598 valence electrons. The zero-order chi connectivity index (χ0) is 78.5. The zero-order valence-electron chi connectivity index (χ0n) is 59.8. The molecule has 13 atom stereocenters. The van der Waals surface area contributed by atoms with Crippen LogP contribution in [0.5, 0.6) is 0 Å². The highest BCUT2D eigenvalue weighted by molar-refractivity contribution is 8.76. The Hall–Kier alpha value is -7.34. The van der Waals surface area contributed by atoms with Gasteiger partial charge in [-0.3, -0.25) is 84.8 Å². The molecular formula is C63H108N20O20S3. The second-order valence-corrected chi connectivity index (χ2v) is 30.2. The normalized spacial score (nSPS) is 25.5. The molecule has 4 rings (SSSR count). The number of aliphatic carboxylic acids is 3. The van der Waals surface area contributed by atoms with E-state index in [1.807, 2.05) is 27.7 Å². The summed E-state index contributed by atoms with van der Waals surface area (Å²) in [6.07, 6.45) is -9.16. The lowest BCUT2D eigenvalue weighted by Crippen LogP contribution is -2.62. The van der Waals surface area contributed by atoms with Crippen LogP contribution in [0.3, 0.4) is 0 Å². The fourth-order valence-electron chi connectivity index (χ4n) is 11.2. The molecule has 3 heterocycles. The molecule has 106 heavy (non-hydrogen) atoms. The van der Waals surface area contributed by atoms with Gasteiger partial charge < -0.3 is 110 Å². The van der Waals surface area contributed by atoms with Crippen molar-refractivity contribution < 1.29 is 99.2 Å². The number of carbonyl (C=O) groups excluding carboxylic acids is 7. The van der Waals surface area contributed by atoms with Gasteiger partial charge in [0.25, 0.3) is 0 Å². The van der Waals surface area contributed by atoms with Crippen LogP contribution in [0.25, 0.3) is 0 Å². The minimum absolute atomic E-state index is 0.0332. The smallest absolute Gasteiger partial charge is 0.322 e. The van der Waals surface area contributed by atoms with Gasteiger partial charge in [-0.05, 0) is 71.8 Å². The number of oxime groups is 2. The second kappa shape index (κ2) is 47.5. The Morgan fingerprint density at radius 3 is 1.92 bits per heavy atom. The third-order valence-electron chi connectivity index (χ3n) is 17.3. The Bertz CT molecular complexity index is 3050. The van der Waals surface area contributed by atoms with E-state index in [0.29, 0.717) is 69.1 Å². The zero-order valence-corrected chi connectivity index (χ0v) is 62.2. The molecule has 0 aliphatic carbocycles. The summed E-state index contributed by atoms with van der Waals surface area (Å²) >= 11 is 1.01. The van der Waals surface area contributed by atoms with Gasteiger partial charge in [0.15, 0.2) is 5.96 Å². The molecule has 0 saturated carbocycles. The number of hydrogen-bond donors (Lipinski definition) is 27. The van der Waals surface area contributed by atoms with E-state index < -0.39 is 170 Å². The van der Waals surface area contributed by atoms with Gasteiger partial charge in [0, 0.05) is 101 Å². The van der Waals surface area contributed by atoms with E-state index in [9.17, 15) is 94.1 Å². The van der Waals surface area contributed by atoms with E-state index in [-0.39, 0.29) is 92.9 Å². The maximum absolute atomic E-state index is 14.0. The average Bonchev–Trinajstić information content (AvgIpc) is 0.965.